The summed E-state index contributed by atoms with van der Waals surface area (Å²) < 4.78 is 4.38. The summed E-state index contributed by atoms with van der Waals surface area (Å²) >= 11 is 0. The molecular formula is C9H6N2O5. The number of nitro groups is 1. The second-order valence-electron chi connectivity index (χ2n) is 2.62. The number of nitrogens with zero attached hydrogens (tertiary/aromatic N) is 2. The monoisotopic (exact) mass is 222 g/mol. The van der Waals surface area contributed by atoms with Gasteiger partial charge in [0.05, 0.1) is 17.7 Å². The molecule has 1 aromatic rings. The van der Waals surface area contributed by atoms with Gasteiger partial charge in [0.25, 0.3) is 5.69 Å². The first kappa shape index (κ1) is 11.5. The molecule has 0 aliphatic rings. The zero-order valence-corrected chi connectivity index (χ0v) is 8.17. The molecule has 0 aromatic heterocycles. The average molecular weight is 222 g/mol. The molecule has 0 heterocycles. The van der Waals surface area contributed by atoms with E-state index in [1.807, 2.05) is 0 Å². The molecule has 7 nitrogen and oxygen atoms in total. The Morgan fingerprint density at radius 2 is 2.25 bits per heavy atom. The van der Waals surface area contributed by atoms with Crippen LogP contribution in [0.2, 0.25) is 0 Å². The number of carbonyl (C=O) groups is 1. The van der Waals surface area contributed by atoms with Crippen LogP contribution in [0.25, 0.3) is 0 Å². The molecule has 0 amide bonds. The highest BCUT2D eigenvalue weighted by molar-refractivity contribution is 5.99. The number of rotatable bonds is 3. The van der Waals surface area contributed by atoms with E-state index in [1.54, 1.807) is 0 Å². The van der Waals surface area contributed by atoms with Crippen molar-refractivity contribution in [2.24, 2.45) is 4.99 Å². The predicted molar refractivity (Wildman–Crippen MR) is 52.2 cm³/mol. The van der Waals surface area contributed by atoms with Gasteiger partial charge in [-0.15, -0.1) is 0 Å². The van der Waals surface area contributed by atoms with Crippen molar-refractivity contribution in [2.75, 3.05) is 7.11 Å². The second kappa shape index (κ2) is 4.81. The number of hydrogen-bond donors (Lipinski definition) is 0. The number of methoxy groups -OCH3 is 1. The standard InChI is InChI=1S/C9H6N2O5/c1-16-9(13)8-6(10-5-12)3-2-4-7(8)11(14)15/h2-4H,1H3. The van der Waals surface area contributed by atoms with Crippen molar-refractivity contribution >= 4 is 23.4 Å². The highest BCUT2D eigenvalue weighted by Crippen LogP contribution is 2.28. The number of esters is 1. The van der Waals surface area contributed by atoms with Gasteiger partial charge in [0, 0.05) is 6.07 Å². The average Bonchev–Trinajstić information content (AvgIpc) is 2.28. The summed E-state index contributed by atoms with van der Waals surface area (Å²) in [6, 6.07) is 3.71. The van der Waals surface area contributed by atoms with E-state index in [0.29, 0.717) is 0 Å². The molecule has 7 heteroatoms. The van der Waals surface area contributed by atoms with Gasteiger partial charge in [-0.05, 0) is 6.07 Å². The highest BCUT2D eigenvalue weighted by atomic mass is 16.6. The van der Waals surface area contributed by atoms with E-state index in [4.69, 9.17) is 0 Å². The van der Waals surface area contributed by atoms with Gasteiger partial charge in [-0.2, -0.15) is 4.99 Å². The fraction of sp³-hybridized carbons (Fsp3) is 0.111. The molecular weight excluding hydrogens is 216 g/mol. The lowest BCUT2D eigenvalue weighted by molar-refractivity contribution is -0.385. The Morgan fingerprint density at radius 3 is 2.75 bits per heavy atom. The van der Waals surface area contributed by atoms with Gasteiger partial charge < -0.3 is 4.74 Å². The van der Waals surface area contributed by atoms with Crippen LogP contribution in [-0.4, -0.2) is 24.1 Å². The first-order valence-corrected chi connectivity index (χ1v) is 4.05. The van der Waals surface area contributed by atoms with Crippen molar-refractivity contribution in [3.8, 4) is 0 Å². The van der Waals surface area contributed by atoms with Crippen molar-refractivity contribution in [3.05, 3.63) is 33.9 Å². The van der Waals surface area contributed by atoms with Gasteiger partial charge in [-0.1, -0.05) is 6.07 Å². The largest absolute Gasteiger partial charge is 0.465 e. The quantitative estimate of drug-likeness (QED) is 0.252. The van der Waals surface area contributed by atoms with Crippen LogP contribution in [0.15, 0.2) is 23.2 Å². The lowest BCUT2D eigenvalue weighted by Crippen LogP contribution is -2.05. The minimum Gasteiger partial charge on any atom is -0.465 e. The van der Waals surface area contributed by atoms with Crippen LogP contribution >= 0.6 is 0 Å². The van der Waals surface area contributed by atoms with Crippen LogP contribution < -0.4 is 0 Å². The maximum atomic E-state index is 11.3. The summed E-state index contributed by atoms with van der Waals surface area (Å²) in [7, 11) is 1.08. The molecule has 0 unspecified atom stereocenters. The van der Waals surface area contributed by atoms with Crippen molar-refractivity contribution in [3.63, 3.8) is 0 Å². The first-order chi connectivity index (χ1) is 7.61. The molecule has 16 heavy (non-hydrogen) atoms. The fourth-order valence-electron chi connectivity index (χ4n) is 1.13. The number of nitro benzene ring substituents is 1. The third kappa shape index (κ3) is 2.10. The molecule has 0 radical (unpaired) electrons. The van der Waals surface area contributed by atoms with E-state index in [1.165, 1.54) is 18.2 Å². The summed E-state index contributed by atoms with van der Waals surface area (Å²) in [6.45, 7) is 0. The number of isocyanates is 1. The molecule has 82 valence electrons. The fourth-order valence-corrected chi connectivity index (χ4v) is 1.13. The Balaban J connectivity index is 3.52. The predicted octanol–water partition coefficient (Wildman–Crippen LogP) is 1.35. The van der Waals surface area contributed by atoms with Gasteiger partial charge in [0.2, 0.25) is 6.08 Å². The maximum Gasteiger partial charge on any atom is 0.347 e. The summed E-state index contributed by atoms with van der Waals surface area (Å²) in [5.74, 6) is -0.929. The van der Waals surface area contributed by atoms with Gasteiger partial charge in [-0.25, -0.2) is 9.59 Å². The molecule has 0 bridgehead atoms. The highest BCUT2D eigenvalue weighted by Gasteiger charge is 2.24. The maximum absolute atomic E-state index is 11.3. The van der Waals surface area contributed by atoms with E-state index in [0.717, 1.165) is 13.2 Å². The zero-order chi connectivity index (χ0) is 12.1. The van der Waals surface area contributed by atoms with Crippen molar-refractivity contribution in [1.29, 1.82) is 0 Å². The van der Waals surface area contributed by atoms with E-state index in [2.05, 4.69) is 9.73 Å². The SMILES string of the molecule is COC(=O)c1c(N=C=O)cccc1[N+](=O)[O-]. The molecule has 0 aliphatic heterocycles. The minimum absolute atomic E-state index is 0.143. The molecule has 0 fully saturated rings. The lowest BCUT2D eigenvalue weighted by Gasteiger charge is -2.02. The van der Waals surface area contributed by atoms with Crippen LogP contribution in [0.3, 0.4) is 0 Å². The van der Waals surface area contributed by atoms with Gasteiger partial charge in [0.1, 0.15) is 0 Å². The number of benzene rings is 1. The molecule has 0 saturated carbocycles. The Kier molecular flexibility index (Phi) is 3.47. The number of aliphatic imine (C=N–C) groups is 1. The third-order valence-corrected chi connectivity index (χ3v) is 1.77. The van der Waals surface area contributed by atoms with Gasteiger partial charge in [-0.3, -0.25) is 10.1 Å². The molecule has 0 saturated heterocycles. The Morgan fingerprint density at radius 1 is 1.56 bits per heavy atom. The van der Waals surface area contributed by atoms with Crippen LogP contribution in [0.5, 0.6) is 0 Å². The van der Waals surface area contributed by atoms with Crippen LogP contribution in [0.1, 0.15) is 10.4 Å². The number of hydrogen-bond acceptors (Lipinski definition) is 6. The van der Waals surface area contributed by atoms with Crippen LogP contribution in [0, 0.1) is 10.1 Å². The van der Waals surface area contributed by atoms with Crippen LogP contribution in [0.4, 0.5) is 11.4 Å². The Bertz CT molecular complexity index is 470. The summed E-state index contributed by atoms with van der Waals surface area (Å²) in [5.41, 5.74) is -0.974. The Hall–Kier alpha value is -2.53. The molecule has 0 spiro atoms. The number of carbonyl (C=O) groups excluding carboxylic acids is 2. The Labute approximate surface area is 89.5 Å². The first-order valence-electron chi connectivity index (χ1n) is 4.05. The summed E-state index contributed by atoms with van der Waals surface area (Å²) in [4.78, 5) is 34.5. The van der Waals surface area contributed by atoms with Crippen molar-refractivity contribution in [1.82, 2.24) is 0 Å². The summed E-state index contributed by atoms with van der Waals surface area (Å²) in [6.07, 6.45) is 1.21. The van der Waals surface area contributed by atoms with Crippen molar-refractivity contribution in [2.45, 2.75) is 0 Å². The van der Waals surface area contributed by atoms with E-state index in [-0.39, 0.29) is 11.3 Å². The minimum atomic E-state index is -0.929. The third-order valence-electron chi connectivity index (χ3n) is 1.77. The smallest absolute Gasteiger partial charge is 0.347 e. The summed E-state index contributed by atoms with van der Waals surface area (Å²) in [5, 5.41) is 10.7. The lowest BCUT2D eigenvalue weighted by atomic mass is 10.1. The van der Waals surface area contributed by atoms with E-state index >= 15 is 0 Å². The molecule has 1 aromatic carbocycles. The normalized spacial score (nSPS) is 9.06. The van der Waals surface area contributed by atoms with Crippen molar-refractivity contribution < 1.29 is 19.2 Å². The van der Waals surface area contributed by atoms with Gasteiger partial charge >= 0.3 is 5.97 Å². The molecule has 0 aliphatic carbocycles. The number of ether oxygens (including phenoxy) is 1. The van der Waals surface area contributed by atoms with Gasteiger partial charge in [0.15, 0.2) is 5.56 Å². The zero-order valence-electron chi connectivity index (χ0n) is 8.17. The molecule has 0 atom stereocenters. The molecule has 0 N–H and O–H groups in total. The topological polar surface area (TPSA) is 98.9 Å². The van der Waals surface area contributed by atoms with Crippen LogP contribution in [-0.2, 0) is 9.53 Å². The van der Waals surface area contributed by atoms with E-state index in [9.17, 15) is 19.7 Å². The second-order valence-corrected chi connectivity index (χ2v) is 2.62. The molecule has 1 rings (SSSR count). The van der Waals surface area contributed by atoms with E-state index < -0.39 is 16.6 Å².